The first-order valence-corrected chi connectivity index (χ1v) is 6.68. The molecule has 0 amide bonds. The number of hydrogen-bond acceptors (Lipinski definition) is 3. The summed E-state index contributed by atoms with van der Waals surface area (Å²) >= 11 is 1.69. The minimum atomic E-state index is -2.26. The minimum Gasteiger partial charge on any atom is -0.312 e. The zero-order chi connectivity index (χ0) is 12.7. The van der Waals surface area contributed by atoms with Gasteiger partial charge in [0, 0.05) is 22.8 Å². The van der Waals surface area contributed by atoms with Gasteiger partial charge in [-0.15, -0.1) is 11.3 Å². The van der Waals surface area contributed by atoms with Crippen molar-refractivity contribution in [2.75, 3.05) is 20.1 Å². The number of nitrogens with zero attached hydrogens (tertiary/aromatic N) is 1. The van der Waals surface area contributed by atoms with Crippen molar-refractivity contribution < 1.29 is 8.78 Å². The molecule has 1 aromatic heterocycles. The van der Waals surface area contributed by atoms with E-state index in [0.29, 0.717) is 6.54 Å². The first-order valence-electron chi connectivity index (χ1n) is 5.86. The van der Waals surface area contributed by atoms with Crippen LogP contribution in [-0.4, -0.2) is 31.5 Å². The van der Waals surface area contributed by atoms with Crippen molar-refractivity contribution in [2.24, 2.45) is 0 Å². The van der Waals surface area contributed by atoms with Gasteiger partial charge in [-0.25, -0.2) is 8.78 Å². The van der Waals surface area contributed by atoms with Crippen LogP contribution < -0.4 is 5.32 Å². The molecule has 0 saturated heterocycles. The molecule has 0 aromatic carbocycles. The van der Waals surface area contributed by atoms with Gasteiger partial charge in [-0.05, 0) is 32.1 Å². The molecule has 2 nitrogen and oxygen atoms in total. The van der Waals surface area contributed by atoms with Crippen molar-refractivity contribution in [3.8, 4) is 0 Å². The van der Waals surface area contributed by atoms with E-state index in [2.05, 4.69) is 18.3 Å². The van der Waals surface area contributed by atoms with Gasteiger partial charge in [-0.3, -0.25) is 4.90 Å². The van der Waals surface area contributed by atoms with E-state index in [0.717, 1.165) is 24.4 Å². The molecule has 0 fully saturated rings. The number of thiophene rings is 1. The molecule has 0 saturated carbocycles. The molecule has 1 aromatic rings. The van der Waals surface area contributed by atoms with E-state index in [1.54, 1.807) is 23.3 Å². The predicted octanol–water partition coefficient (Wildman–Crippen LogP) is 2.94. The number of halogens is 2. The largest absolute Gasteiger partial charge is 0.312 e. The average molecular weight is 262 g/mol. The van der Waals surface area contributed by atoms with Crippen molar-refractivity contribution in [2.45, 2.75) is 32.9 Å². The number of nitrogens with one attached hydrogen (secondary N) is 1. The summed E-state index contributed by atoms with van der Waals surface area (Å²) < 4.78 is 24.3. The van der Waals surface area contributed by atoms with Gasteiger partial charge in [0.1, 0.15) is 0 Å². The van der Waals surface area contributed by atoms with Gasteiger partial charge in [0.2, 0.25) is 0 Å². The molecular formula is C12H20F2N2S. The summed E-state index contributed by atoms with van der Waals surface area (Å²) in [6.07, 6.45) is -1.14. The molecule has 1 heterocycles. The fourth-order valence-electron chi connectivity index (χ4n) is 1.56. The highest BCUT2D eigenvalue weighted by Crippen LogP contribution is 2.18. The summed E-state index contributed by atoms with van der Waals surface area (Å²) in [5, 5.41) is 3.33. The van der Waals surface area contributed by atoms with Crippen molar-refractivity contribution >= 4 is 11.3 Å². The smallest absolute Gasteiger partial charge is 0.251 e. The quantitative estimate of drug-likeness (QED) is 0.725. The fourth-order valence-corrected chi connectivity index (χ4v) is 2.62. The molecule has 17 heavy (non-hydrogen) atoms. The minimum absolute atomic E-state index is 0.165. The normalized spacial score (nSPS) is 11.6. The van der Waals surface area contributed by atoms with Gasteiger partial charge in [-0.2, -0.15) is 0 Å². The summed E-state index contributed by atoms with van der Waals surface area (Å²) in [6, 6.07) is 4.09. The fraction of sp³-hybridized carbons (Fsp3) is 0.667. The SMILES string of the molecule is CCCNCc1ccc(CN(C)CC(F)F)s1. The highest BCUT2D eigenvalue weighted by molar-refractivity contribution is 7.11. The van der Waals surface area contributed by atoms with Crippen LogP contribution in [0.3, 0.4) is 0 Å². The van der Waals surface area contributed by atoms with Gasteiger partial charge < -0.3 is 5.32 Å². The maximum absolute atomic E-state index is 12.2. The van der Waals surface area contributed by atoms with Gasteiger partial charge >= 0.3 is 0 Å². The van der Waals surface area contributed by atoms with Crippen LogP contribution >= 0.6 is 11.3 Å². The summed E-state index contributed by atoms with van der Waals surface area (Å²) in [5.41, 5.74) is 0. The Morgan fingerprint density at radius 2 is 2.06 bits per heavy atom. The van der Waals surface area contributed by atoms with Gasteiger partial charge in [-0.1, -0.05) is 6.92 Å². The van der Waals surface area contributed by atoms with Gasteiger partial charge in [0.15, 0.2) is 0 Å². The molecule has 98 valence electrons. The van der Waals surface area contributed by atoms with Crippen LogP contribution in [0.5, 0.6) is 0 Å². The lowest BCUT2D eigenvalue weighted by Crippen LogP contribution is -2.23. The predicted molar refractivity (Wildman–Crippen MR) is 68.7 cm³/mol. The highest BCUT2D eigenvalue weighted by atomic mass is 32.1. The second kappa shape index (κ2) is 7.74. The van der Waals surface area contributed by atoms with Crippen molar-refractivity contribution in [3.05, 3.63) is 21.9 Å². The Kier molecular flexibility index (Phi) is 6.62. The topological polar surface area (TPSA) is 15.3 Å². The third-order valence-electron chi connectivity index (χ3n) is 2.32. The Morgan fingerprint density at radius 3 is 2.71 bits per heavy atom. The molecule has 0 radical (unpaired) electrons. The van der Waals surface area contributed by atoms with Gasteiger partial charge in [0.25, 0.3) is 6.43 Å². The van der Waals surface area contributed by atoms with Crippen LogP contribution in [0.1, 0.15) is 23.1 Å². The lowest BCUT2D eigenvalue weighted by Gasteiger charge is -2.14. The van der Waals surface area contributed by atoms with Crippen LogP contribution in [0.4, 0.5) is 8.78 Å². The van der Waals surface area contributed by atoms with Crippen LogP contribution in [0, 0.1) is 0 Å². The first kappa shape index (κ1) is 14.5. The third-order valence-corrected chi connectivity index (χ3v) is 3.39. The van der Waals surface area contributed by atoms with Crippen molar-refractivity contribution in [1.29, 1.82) is 0 Å². The summed E-state index contributed by atoms with van der Waals surface area (Å²) in [6.45, 7) is 4.45. The second-order valence-corrected chi connectivity index (χ2v) is 5.39. The summed E-state index contributed by atoms with van der Waals surface area (Å²) in [5.74, 6) is 0. The maximum atomic E-state index is 12.2. The lowest BCUT2D eigenvalue weighted by molar-refractivity contribution is 0.0979. The molecule has 0 atom stereocenters. The monoisotopic (exact) mass is 262 g/mol. The average Bonchev–Trinajstić information content (AvgIpc) is 2.64. The Labute approximate surface area is 106 Å². The Balaban J connectivity index is 2.34. The number of rotatable bonds is 8. The van der Waals surface area contributed by atoms with E-state index >= 15 is 0 Å². The molecule has 0 aliphatic carbocycles. The molecule has 0 unspecified atom stereocenters. The lowest BCUT2D eigenvalue weighted by atomic mass is 10.4. The summed E-state index contributed by atoms with van der Waals surface area (Å²) in [4.78, 5) is 4.06. The number of alkyl halides is 2. The second-order valence-electron chi connectivity index (χ2n) is 4.13. The number of hydrogen-bond donors (Lipinski definition) is 1. The molecule has 1 N–H and O–H groups in total. The molecule has 0 bridgehead atoms. The van der Waals surface area contributed by atoms with Crippen LogP contribution in [0.15, 0.2) is 12.1 Å². The van der Waals surface area contributed by atoms with Gasteiger partial charge in [0.05, 0.1) is 6.54 Å². The van der Waals surface area contributed by atoms with Crippen LogP contribution in [-0.2, 0) is 13.1 Å². The zero-order valence-corrected chi connectivity index (χ0v) is 11.2. The molecule has 1 rings (SSSR count). The first-order chi connectivity index (χ1) is 8.11. The highest BCUT2D eigenvalue weighted by Gasteiger charge is 2.09. The van der Waals surface area contributed by atoms with E-state index in [1.807, 2.05) is 6.07 Å². The standard InChI is InChI=1S/C12H20F2N2S/c1-3-6-15-7-10-4-5-11(17-10)8-16(2)9-12(13)14/h4-5,12,15H,3,6-9H2,1-2H3. The Hall–Kier alpha value is -0.520. The van der Waals surface area contributed by atoms with E-state index in [-0.39, 0.29) is 6.54 Å². The van der Waals surface area contributed by atoms with E-state index in [1.165, 1.54) is 4.88 Å². The van der Waals surface area contributed by atoms with Crippen molar-refractivity contribution in [3.63, 3.8) is 0 Å². The Morgan fingerprint density at radius 1 is 1.35 bits per heavy atom. The van der Waals surface area contributed by atoms with Crippen LogP contribution in [0.2, 0.25) is 0 Å². The zero-order valence-electron chi connectivity index (χ0n) is 10.4. The third kappa shape index (κ3) is 6.10. The van der Waals surface area contributed by atoms with E-state index in [4.69, 9.17) is 0 Å². The molecule has 0 aliphatic heterocycles. The van der Waals surface area contributed by atoms with Crippen molar-refractivity contribution in [1.82, 2.24) is 10.2 Å². The molecule has 0 aliphatic rings. The molecular weight excluding hydrogens is 242 g/mol. The van der Waals surface area contributed by atoms with E-state index < -0.39 is 6.43 Å². The van der Waals surface area contributed by atoms with Crippen LogP contribution in [0.25, 0.3) is 0 Å². The summed E-state index contributed by atoms with van der Waals surface area (Å²) in [7, 11) is 1.72. The maximum Gasteiger partial charge on any atom is 0.251 e. The molecule has 5 heteroatoms. The van der Waals surface area contributed by atoms with E-state index in [9.17, 15) is 8.78 Å². The Bertz CT molecular complexity index is 315. The molecule has 0 spiro atoms.